The minimum Gasteiger partial charge on any atom is -0.476 e. The Morgan fingerprint density at radius 1 is 1.43 bits per heavy atom. The maximum absolute atomic E-state index is 13.7. The third kappa shape index (κ3) is 3.53. The van der Waals surface area contributed by atoms with Gasteiger partial charge in [0.05, 0.1) is 18.4 Å². The number of carboxylic acid groups (broad SMARTS) is 1. The molecule has 0 aliphatic carbocycles. The van der Waals surface area contributed by atoms with Gasteiger partial charge in [-0.15, -0.1) is 5.10 Å². The van der Waals surface area contributed by atoms with Crippen molar-refractivity contribution < 1.29 is 19.1 Å². The molecule has 0 radical (unpaired) electrons. The number of benzene rings is 1. The topological polar surface area (TPSA) is 123 Å². The Bertz CT molecular complexity index is 685. The minimum atomic E-state index is -1.16. The van der Waals surface area contributed by atoms with Crippen LogP contribution in [-0.4, -0.2) is 38.5 Å². The van der Waals surface area contributed by atoms with Crippen LogP contribution in [-0.2, 0) is 6.54 Å². The van der Waals surface area contributed by atoms with Gasteiger partial charge in [-0.05, 0) is 18.2 Å². The zero-order chi connectivity index (χ0) is 15.4. The largest absolute Gasteiger partial charge is 0.476 e. The van der Waals surface area contributed by atoms with Crippen molar-refractivity contribution in [2.45, 2.75) is 6.54 Å². The average molecular weight is 293 g/mol. The van der Waals surface area contributed by atoms with Gasteiger partial charge in [0.15, 0.2) is 5.69 Å². The lowest BCUT2D eigenvalue weighted by Crippen LogP contribution is -2.14. The van der Waals surface area contributed by atoms with Crippen molar-refractivity contribution in [2.24, 2.45) is 5.73 Å². The molecule has 0 aliphatic rings. The van der Waals surface area contributed by atoms with Gasteiger partial charge in [-0.1, -0.05) is 5.21 Å². The van der Waals surface area contributed by atoms with Gasteiger partial charge in [0.2, 0.25) is 5.91 Å². The second kappa shape index (κ2) is 5.99. The highest BCUT2D eigenvalue weighted by Crippen LogP contribution is 2.15. The number of nitrogens with one attached hydrogen (secondary N) is 1. The third-order valence-corrected chi connectivity index (χ3v) is 2.67. The van der Waals surface area contributed by atoms with E-state index in [2.05, 4.69) is 15.6 Å². The molecule has 8 nitrogen and oxygen atoms in total. The highest BCUT2D eigenvalue weighted by Gasteiger charge is 2.09. The number of nitrogens with two attached hydrogens (primary N) is 1. The molecule has 2 aromatic rings. The van der Waals surface area contributed by atoms with Crippen LogP contribution < -0.4 is 11.1 Å². The zero-order valence-corrected chi connectivity index (χ0v) is 10.8. The summed E-state index contributed by atoms with van der Waals surface area (Å²) in [5.41, 5.74) is 5.17. The van der Waals surface area contributed by atoms with Gasteiger partial charge in [0, 0.05) is 12.1 Å². The normalized spacial score (nSPS) is 10.3. The van der Waals surface area contributed by atoms with E-state index in [9.17, 15) is 14.0 Å². The summed E-state index contributed by atoms with van der Waals surface area (Å²) in [7, 11) is 0. The molecule has 0 atom stereocenters. The van der Waals surface area contributed by atoms with E-state index < -0.39 is 17.7 Å². The quantitative estimate of drug-likeness (QED) is 0.705. The van der Waals surface area contributed by atoms with Crippen molar-refractivity contribution in [3.05, 3.63) is 41.5 Å². The van der Waals surface area contributed by atoms with Crippen molar-refractivity contribution in [1.82, 2.24) is 15.0 Å². The number of carbonyl (C=O) groups is 2. The molecule has 0 bridgehead atoms. The average Bonchev–Trinajstić information content (AvgIpc) is 2.89. The standard InChI is InChI=1S/C12H12FN5O3/c13-8-5-7(11(14)19)1-2-9(8)15-3-4-18-6-10(12(20)21)16-17-18/h1-2,5-6,15H,3-4H2,(H2,14,19)(H,20,21). The molecule has 0 aliphatic heterocycles. The van der Waals surface area contributed by atoms with Crippen molar-refractivity contribution in [1.29, 1.82) is 0 Å². The molecule has 1 amide bonds. The lowest BCUT2D eigenvalue weighted by Gasteiger charge is -2.08. The van der Waals surface area contributed by atoms with Crippen LogP contribution in [0.3, 0.4) is 0 Å². The second-order valence-electron chi connectivity index (χ2n) is 4.16. The van der Waals surface area contributed by atoms with Crippen LogP contribution in [0.1, 0.15) is 20.8 Å². The summed E-state index contributed by atoms with van der Waals surface area (Å²) in [6.07, 6.45) is 1.27. The highest BCUT2D eigenvalue weighted by molar-refractivity contribution is 5.93. The fourth-order valence-electron chi connectivity index (χ4n) is 1.62. The molecular weight excluding hydrogens is 281 g/mol. The van der Waals surface area contributed by atoms with E-state index in [1.165, 1.54) is 23.0 Å². The van der Waals surface area contributed by atoms with Crippen molar-refractivity contribution in [3.8, 4) is 0 Å². The molecule has 1 heterocycles. The van der Waals surface area contributed by atoms with Gasteiger partial charge in [0.25, 0.3) is 0 Å². The first kappa shape index (κ1) is 14.4. The molecule has 0 spiro atoms. The molecule has 2 rings (SSSR count). The first-order valence-corrected chi connectivity index (χ1v) is 5.94. The van der Waals surface area contributed by atoms with E-state index in [0.717, 1.165) is 6.07 Å². The third-order valence-electron chi connectivity index (χ3n) is 2.67. The first-order chi connectivity index (χ1) is 9.97. The van der Waals surface area contributed by atoms with E-state index in [1.54, 1.807) is 0 Å². The minimum absolute atomic E-state index is 0.0837. The molecule has 4 N–H and O–H groups in total. The SMILES string of the molecule is NC(=O)c1ccc(NCCn2cc(C(=O)O)nn2)c(F)c1. The molecule has 9 heteroatoms. The maximum atomic E-state index is 13.7. The fraction of sp³-hybridized carbons (Fsp3) is 0.167. The van der Waals surface area contributed by atoms with Crippen LogP contribution in [0.2, 0.25) is 0 Å². The number of anilines is 1. The van der Waals surface area contributed by atoms with Crippen LogP contribution in [0.4, 0.5) is 10.1 Å². The molecular formula is C12H12FN5O3. The molecule has 110 valence electrons. The molecule has 1 aromatic carbocycles. The van der Waals surface area contributed by atoms with Gasteiger partial charge < -0.3 is 16.2 Å². The van der Waals surface area contributed by atoms with Crippen LogP contribution in [0, 0.1) is 5.82 Å². The van der Waals surface area contributed by atoms with Gasteiger partial charge >= 0.3 is 5.97 Å². The number of primary amides is 1. The Hall–Kier alpha value is -2.97. The number of hydrogen-bond donors (Lipinski definition) is 3. The smallest absolute Gasteiger partial charge is 0.358 e. The Morgan fingerprint density at radius 2 is 2.19 bits per heavy atom. The van der Waals surface area contributed by atoms with Crippen LogP contribution >= 0.6 is 0 Å². The summed E-state index contributed by atoms with van der Waals surface area (Å²) in [5.74, 6) is -2.47. The summed E-state index contributed by atoms with van der Waals surface area (Å²) in [4.78, 5) is 21.5. The predicted octanol–water partition coefficient (Wildman–Crippen LogP) is 0.326. The summed E-state index contributed by atoms with van der Waals surface area (Å²) in [5, 5.41) is 18.6. The van der Waals surface area contributed by atoms with E-state index >= 15 is 0 Å². The monoisotopic (exact) mass is 293 g/mol. The van der Waals surface area contributed by atoms with Crippen molar-refractivity contribution in [3.63, 3.8) is 0 Å². The van der Waals surface area contributed by atoms with Crippen LogP contribution in [0.15, 0.2) is 24.4 Å². The number of nitrogens with zero attached hydrogens (tertiary/aromatic N) is 3. The predicted molar refractivity (Wildman–Crippen MR) is 70.4 cm³/mol. The summed E-state index contributed by atoms with van der Waals surface area (Å²) >= 11 is 0. The van der Waals surface area contributed by atoms with Gasteiger partial charge in [-0.2, -0.15) is 0 Å². The fourth-order valence-corrected chi connectivity index (χ4v) is 1.62. The lowest BCUT2D eigenvalue weighted by atomic mass is 10.2. The Kier molecular flexibility index (Phi) is 4.12. The van der Waals surface area contributed by atoms with E-state index in [0.29, 0.717) is 13.1 Å². The number of rotatable bonds is 6. The first-order valence-electron chi connectivity index (χ1n) is 5.94. The molecule has 0 saturated heterocycles. The van der Waals surface area contributed by atoms with E-state index in [-0.39, 0.29) is 16.9 Å². The Balaban J connectivity index is 1.93. The summed E-state index contributed by atoms with van der Waals surface area (Å²) in [6.45, 7) is 0.604. The van der Waals surface area contributed by atoms with Gasteiger partial charge in [-0.3, -0.25) is 4.79 Å². The molecule has 0 saturated carbocycles. The van der Waals surface area contributed by atoms with Crippen LogP contribution in [0.5, 0.6) is 0 Å². The van der Waals surface area contributed by atoms with Gasteiger partial charge in [-0.25, -0.2) is 13.9 Å². The number of aromatic carboxylic acids is 1. The number of hydrogen-bond acceptors (Lipinski definition) is 5. The second-order valence-corrected chi connectivity index (χ2v) is 4.16. The lowest BCUT2D eigenvalue weighted by molar-refractivity contribution is 0.0690. The zero-order valence-electron chi connectivity index (χ0n) is 10.8. The summed E-state index contributed by atoms with van der Waals surface area (Å²) < 4.78 is 15.0. The molecule has 0 unspecified atom stereocenters. The summed E-state index contributed by atoms with van der Waals surface area (Å²) in [6, 6.07) is 3.86. The maximum Gasteiger partial charge on any atom is 0.358 e. The van der Waals surface area contributed by atoms with E-state index in [4.69, 9.17) is 10.8 Å². The molecule has 21 heavy (non-hydrogen) atoms. The number of halogens is 1. The van der Waals surface area contributed by atoms with Crippen molar-refractivity contribution in [2.75, 3.05) is 11.9 Å². The molecule has 0 fully saturated rings. The number of carboxylic acids is 1. The van der Waals surface area contributed by atoms with Gasteiger partial charge in [0.1, 0.15) is 5.82 Å². The molecule has 1 aromatic heterocycles. The van der Waals surface area contributed by atoms with E-state index in [1.807, 2.05) is 0 Å². The number of aromatic nitrogens is 3. The Morgan fingerprint density at radius 3 is 2.76 bits per heavy atom. The number of carbonyl (C=O) groups excluding carboxylic acids is 1. The Labute approximate surface area is 118 Å². The van der Waals surface area contributed by atoms with Crippen molar-refractivity contribution >= 4 is 17.6 Å². The highest BCUT2D eigenvalue weighted by atomic mass is 19.1. The number of amides is 1. The van der Waals surface area contributed by atoms with Crippen LogP contribution in [0.25, 0.3) is 0 Å².